The van der Waals surface area contributed by atoms with Crippen molar-refractivity contribution in [3.8, 4) is 5.69 Å². The van der Waals surface area contributed by atoms with Crippen molar-refractivity contribution in [2.24, 2.45) is 0 Å². The van der Waals surface area contributed by atoms with Crippen molar-refractivity contribution >= 4 is 17.5 Å². The normalized spacial score (nSPS) is 10.8. The number of halogens is 1. The third kappa shape index (κ3) is 5.48. The molecule has 0 aliphatic carbocycles. The van der Waals surface area contributed by atoms with Crippen LogP contribution < -0.4 is 16.6 Å². The first-order chi connectivity index (χ1) is 14.9. The van der Waals surface area contributed by atoms with E-state index >= 15 is 0 Å². The predicted octanol–water partition coefficient (Wildman–Crippen LogP) is 2.17. The quantitative estimate of drug-likeness (QED) is 0.539. The molecule has 0 unspecified atom stereocenters. The molecule has 0 atom stereocenters. The molecule has 0 aliphatic rings. The van der Waals surface area contributed by atoms with Gasteiger partial charge in [0.15, 0.2) is 0 Å². The molecule has 8 nitrogen and oxygen atoms in total. The number of hydrogen-bond acceptors (Lipinski definition) is 5. The summed E-state index contributed by atoms with van der Waals surface area (Å²) in [6.45, 7) is 2.71. The van der Waals surface area contributed by atoms with Crippen LogP contribution in [0.25, 0.3) is 5.69 Å². The summed E-state index contributed by atoms with van der Waals surface area (Å²) in [5.74, 6) is -0.651. The third-order valence-corrected chi connectivity index (χ3v) is 4.83. The molecule has 2 aromatic carbocycles. The van der Waals surface area contributed by atoms with Crippen LogP contribution in [-0.2, 0) is 11.3 Å². The molecular weight excluding hydrogens is 420 g/mol. The highest BCUT2D eigenvalue weighted by Gasteiger charge is 2.20. The van der Waals surface area contributed by atoms with Crippen LogP contribution in [0.3, 0.4) is 0 Å². The fourth-order valence-corrected chi connectivity index (χ4v) is 3.17. The van der Waals surface area contributed by atoms with E-state index < -0.39 is 17.2 Å². The number of rotatable bonds is 8. The van der Waals surface area contributed by atoms with Gasteiger partial charge >= 0.3 is 5.69 Å². The van der Waals surface area contributed by atoms with Crippen molar-refractivity contribution in [3.05, 3.63) is 91.2 Å². The van der Waals surface area contributed by atoms with E-state index in [9.17, 15) is 14.4 Å². The second-order valence-electron chi connectivity index (χ2n) is 7.00. The first kappa shape index (κ1) is 22.5. The summed E-state index contributed by atoms with van der Waals surface area (Å²) >= 11 is 5.94. The molecule has 1 amide bonds. The Morgan fingerprint density at radius 2 is 1.90 bits per heavy atom. The van der Waals surface area contributed by atoms with E-state index in [0.29, 0.717) is 30.3 Å². The van der Waals surface area contributed by atoms with Gasteiger partial charge in [0.05, 0.1) is 12.2 Å². The minimum atomic E-state index is -0.749. The second kappa shape index (κ2) is 10.2. The van der Waals surface area contributed by atoms with E-state index in [-0.39, 0.29) is 12.2 Å². The zero-order valence-electron chi connectivity index (χ0n) is 17.3. The van der Waals surface area contributed by atoms with Gasteiger partial charge in [-0.05, 0) is 43.2 Å². The molecule has 0 saturated carbocycles. The van der Waals surface area contributed by atoms with Crippen molar-refractivity contribution in [1.82, 2.24) is 19.7 Å². The number of amides is 1. The molecule has 1 heterocycles. The van der Waals surface area contributed by atoms with Crippen molar-refractivity contribution in [2.75, 3.05) is 20.3 Å². The molecule has 0 bridgehead atoms. The Kier molecular flexibility index (Phi) is 7.38. The Balaban J connectivity index is 2.08. The third-order valence-electron chi connectivity index (χ3n) is 4.58. The van der Waals surface area contributed by atoms with E-state index in [1.165, 1.54) is 0 Å². The molecule has 1 N–H and O–H groups in total. The summed E-state index contributed by atoms with van der Waals surface area (Å²) in [7, 11) is 1.56. The van der Waals surface area contributed by atoms with Crippen molar-refractivity contribution in [2.45, 2.75) is 19.9 Å². The lowest BCUT2D eigenvalue weighted by Crippen LogP contribution is -2.46. The molecule has 3 rings (SSSR count). The molecule has 162 valence electrons. The molecule has 0 spiro atoms. The van der Waals surface area contributed by atoms with Gasteiger partial charge in [-0.2, -0.15) is 9.78 Å². The van der Waals surface area contributed by atoms with Gasteiger partial charge in [-0.1, -0.05) is 41.4 Å². The molecule has 0 saturated heterocycles. The number of hydrogen-bond donors (Lipinski definition) is 1. The number of ether oxygens (including phenoxy) is 1. The molecule has 0 fully saturated rings. The van der Waals surface area contributed by atoms with E-state index in [1.807, 2.05) is 31.2 Å². The average molecular weight is 443 g/mol. The lowest BCUT2D eigenvalue weighted by atomic mass is 10.1. The number of carbonyl (C=O) groups is 1. The minimum Gasteiger partial charge on any atom is -0.385 e. The number of aryl methyl sites for hydroxylation is 1. The molecule has 1 aromatic heterocycles. The summed E-state index contributed by atoms with van der Waals surface area (Å²) in [5, 5.41) is 7.21. The van der Waals surface area contributed by atoms with Crippen LogP contribution in [0, 0.1) is 6.92 Å². The number of nitrogens with zero attached hydrogens (tertiary/aromatic N) is 3. The average Bonchev–Trinajstić information content (AvgIpc) is 2.75. The largest absolute Gasteiger partial charge is 0.385 e. The van der Waals surface area contributed by atoms with Gasteiger partial charge in [0, 0.05) is 25.3 Å². The van der Waals surface area contributed by atoms with Crippen molar-refractivity contribution < 1.29 is 9.53 Å². The number of carbonyl (C=O) groups excluding carboxylic acids is 1. The Hall–Kier alpha value is -3.23. The Labute approximate surface area is 184 Å². The van der Waals surface area contributed by atoms with Gasteiger partial charge in [-0.25, -0.2) is 4.79 Å². The smallest absolute Gasteiger partial charge is 0.352 e. The lowest BCUT2D eigenvalue weighted by Gasteiger charge is -2.13. The summed E-state index contributed by atoms with van der Waals surface area (Å²) in [4.78, 5) is 38.8. The Bertz CT molecular complexity index is 1190. The summed E-state index contributed by atoms with van der Waals surface area (Å²) in [6, 6.07) is 13.9. The molecular formula is C22H23ClN4O4. The van der Waals surface area contributed by atoms with Crippen LogP contribution in [0.5, 0.6) is 0 Å². The highest BCUT2D eigenvalue weighted by atomic mass is 35.5. The zero-order valence-corrected chi connectivity index (χ0v) is 18.1. The van der Waals surface area contributed by atoms with Crippen LogP contribution in [0.1, 0.15) is 28.0 Å². The van der Waals surface area contributed by atoms with Crippen molar-refractivity contribution in [3.63, 3.8) is 0 Å². The fourth-order valence-electron chi connectivity index (χ4n) is 3.04. The van der Waals surface area contributed by atoms with Gasteiger partial charge in [0.2, 0.25) is 5.69 Å². The van der Waals surface area contributed by atoms with Gasteiger partial charge < -0.3 is 10.1 Å². The second-order valence-corrected chi connectivity index (χ2v) is 7.44. The van der Waals surface area contributed by atoms with Crippen LogP contribution >= 0.6 is 11.6 Å². The highest BCUT2D eigenvalue weighted by molar-refractivity contribution is 6.30. The molecule has 9 heteroatoms. The SMILES string of the molecule is COCCCNC(=O)c1nn(-c2ccc(Cl)cc2)c(=O)n(Cc2cccc(C)c2)c1=O. The number of benzene rings is 2. The number of nitrogens with one attached hydrogen (secondary N) is 1. The van der Waals surface area contributed by atoms with Gasteiger partial charge in [0.1, 0.15) is 0 Å². The predicted molar refractivity (Wildman–Crippen MR) is 118 cm³/mol. The summed E-state index contributed by atoms with van der Waals surface area (Å²) < 4.78 is 7.02. The maximum atomic E-state index is 13.1. The van der Waals surface area contributed by atoms with Gasteiger partial charge in [-0.3, -0.25) is 14.2 Å². The molecule has 31 heavy (non-hydrogen) atoms. The van der Waals surface area contributed by atoms with E-state index in [4.69, 9.17) is 16.3 Å². The van der Waals surface area contributed by atoms with Crippen molar-refractivity contribution in [1.29, 1.82) is 0 Å². The first-order valence-corrected chi connectivity index (χ1v) is 10.1. The molecule has 0 aliphatic heterocycles. The fraction of sp³-hybridized carbons (Fsp3) is 0.273. The van der Waals surface area contributed by atoms with E-state index in [0.717, 1.165) is 20.4 Å². The van der Waals surface area contributed by atoms with Gasteiger partial charge in [-0.15, -0.1) is 0 Å². The Morgan fingerprint density at radius 1 is 1.16 bits per heavy atom. The zero-order chi connectivity index (χ0) is 22.4. The summed E-state index contributed by atoms with van der Waals surface area (Å²) in [5.41, 5.74) is 0.388. The van der Waals surface area contributed by atoms with Crippen LogP contribution in [0.4, 0.5) is 0 Å². The molecule has 3 aromatic rings. The minimum absolute atomic E-state index is 0.0133. The topological polar surface area (TPSA) is 95.2 Å². The number of methoxy groups -OCH3 is 1. The van der Waals surface area contributed by atoms with Crippen LogP contribution in [0.2, 0.25) is 5.02 Å². The summed E-state index contributed by atoms with van der Waals surface area (Å²) in [6.07, 6.45) is 0.580. The molecule has 0 radical (unpaired) electrons. The highest BCUT2D eigenvalue weighted by Crippen LogP contribution is 2.11. The van der Waals surface area contributed by atoms with E-state index in [2.05, 4.69) is 10.4 Å². The maximum absolute atomic E-state index is 13.1. The van der Waals surface area contributed by atoms with E-state index in [1.54, 1.807) is 31.4 Å². The first-order valence-electron chi connectivity index (χ1n) is 9.73. The lowest BCUT2D eigenvalue weighted by molar-refractivity contribution is 0.0938. The Morgan fingerprint density at radius 3 is 2.58 bits per heavy atom. The standard InChI is InChI=1S/C22H23ClN4O4/c1-15-5-3-6-16(13-15)14-26-21(29)19(20(28)24-11-4-12-31-2)25-27(22(26)30)18-9-7-17(23)8-10-18/h3,5-10,13H,4,11-12,14H2,1-2H3,(H,24,28). The van der Waals surface area contributed by atoms with Crippen LogP contribution in [-0.4, -0.2) is 40.5 Å². The number of aromatic nitrogens is 3. The van der Waals surface area contributed by atoms with Crippen LogP contribution in [0.15, 0.2) is 58.1 Å². The van der Waals surface area contributed by atoms with Gasteiger partial charge in [0.25, 0.3) is 11.5 Å². The monoisotopic (exact) mass is 442 g/mol. The maximum Gasteiger partial charge on any atom is 0.352 e.